The van der Waals surface area contributed by atoms with Gasteiger partial charge in [0, 0.05) is 12.1 Å². The number of aliphatic hydroxyl groups excluding tert-OH is 1. The fraction of sp³-hybridized carbons (Fsp3) is 1.00. The molecule has 96 valence electrons. The van der Waals surface area contributed by atoms with E-state index in [4.69, 9.17) is 0 Å². The summed E-state index contributed by atoms with van der Waals surface area (Å²) < 4.78 is 0. The van der Waals surface area contributed by atoms with E-state index in [1.807, 2.05) is 0 Å². The van der Waals surface area contributed by atoms with Crippen LogP contribution >= 0.6 is 0 Å². The summed E-state index contributed by atoms with van der Waals surface area (Å²) >= 11 is 0. The Labute approximate surface area is 101 Å². The van der Waals surface area contributed by atoms with Crippen molar-refractivity contribution in [1.29, 1.82) is 0 Å². The van der Waals surface area contributed by atoms with Crippen LogP contribution in [0.4, 0.5) is 0 Å². The first-order valence-electron chi connectivity index (χ1n) is 6.87. The van der Waals surface area contributed by atoms with Crippen LogP contribution in [0.25, 0.3) is 0 Å². The first-order valence-corrected chi connectivity index (χ1v) is 6.87. The van der Waals surface area contributed by atoms with Gasteiger partial charge >= 0.3 is 0 Å². The predicted octanol–water partition coefficient (Wildman–Crippen LogP) is 2.95. The summed E-state index contributed by atoms with van der Waals surface area (Å²) in [7, 11) is 0. The third-order valence-corrected chi connectivity index (χ3v) is 3.83. The zero-order valence-corrected chi connectivity index (χ0v) is 11.4. The molecule has 0 aromatic carbocycles. The molecule has 0 bridgehead atoms. The van der Waals surface area contributed by atoms with Crippen molar-refractivity contribution in [2.75, 3.05) is 6.54 Å². The van der Waals surface area contributed by atoms with Gasteiger partial charge in [0.1, 0.15) is 0 Å². The Morgan fingerprint density at radius 3 is 2.44 bits per heavy atom. The van der Waals surface area contributed by atoms with E-state index in [1.165, 1.54) is 32.1 Å². The summed E-state index contributed by atoms with van der Waals surface area (Å²) in [5, 5.41) is 13.7. The van der Waals surface area contributed by atoms with Gasteiger partial charge in [-0.3, -0.25) is 0 Å². The van der Waals surface area contributed by atoms with E-state index >= 15 is 0 Å². The lowest BCUT2D eigenvalue weighted by Gasteiger charge is -2.35. The van der Waals surface area contributed by atoms with Gasteiger partial charge < -0.3 is 10.4 Å². The Hall–Kier alpha value is -0.0800. The average molecular weight is 227 g/mol. The molecule has 3 atom stereocenters. The van der Waals surface area contributed by atoms with Crippen molar-refractivity contribution in [2.24, 2.45) is 11.8 Å². The topological polar surface area (TPSA) is 32.3 Å². The van der Waals surface area contributed by atoms with Gasteiger partial charge in [-0.1, -0.05) is 32.6 Å². The number of rotatable bonds is 4. The summed E-state index contributed by atoms with van der Waals surface area (Å²) in [6.07, 6.45) is 6.24. The van der Waals surface area contributed by atoms with Crippen LogP contribution < -0.4 is 5.32 Å². The molecule has 1 aliphatic rings. The second-order valence-electron chi connectivity index (χ2n) is 6.31. The van der Waals surface area contributed by atoms with Crippen LogP contribution in [0.5, 0.6) is 0 Å². The predicted molar refractivity (Wildman–Crippen MR) is 69.5 cm³/mol. The van der Waals surface area contributed by atoms with Crippen LogP contribution in [0.1, 0.15) is 59.8 Å². The lowest BCUT2D eigenvalue weighted by Crippen LogP contribution is -2.44. The highest BCUT2D eigenvalue weighted by atomic mass is 16.3. The number of aliphatic hydroxyl groups is 1. The molecular weight excluding hydrogens is 198 g/mol. The summed E-state index contributed by atoms with van der Waals surface area (Å²) in [5.74, 6) is 1.26. The normalized spacial score (nSPS) is 29.1. The molecule has 0 amide bonds. The van der Waals surface area contributed by atoms with Gasteiger partial charge in [0.05, 0.1) is 6.10 Å². The van der Waals surface area contributed by atoms with E-state index in [1.54, 1.807) is 0 Å². The lowest BCUT2D eigenvalue weighted by atomic mass is 9.75. The van der Waals surface area contributed by atoms with Gasteiger partial charge in [0.2, 0.25) is 0 Å². The van der Waals surface area contributed by atoms with Crippen molar-refractivity contribution in [2.45, 2.75) is 71.4 Å². The minimum Gasteiger partial charge on any atom is -0.392 e. The molecule has 16 heavy (non-hydrogen) atoms. The molecule has 0 saturated heterocycles. The van der Waals surface area contributed by atoms with Crippen LogP contribution in [0, 0.1) is 11.8 Å². The Bertz CT molecular complexity index is 197. The average Bonchev–Trinajstić information content (AvgIpc) is 2.25. The maximum Gasteiger partial charge on any atom is 0.0695 e. The van der Waals surface area contributed by atoms with E-state index < -0.39 is 0 Å². The first-order chi connectivity index (χ1) is 7.44. The van der Waals surface area contributed by atoms with Crippen LogP contribution in [-0.4, -0.2) is 23.3 Å². The van der Waals surface area contributed by atoms with Gasteiger partial charge in [-0.05, 0) is 39.0 Å². The highest BCUT2D eigenvalue weighted by molar-refractivity contribution is 4.83. The van der Waals surface area contributed by atoms with Gasteiger partial charge in [-0.25, -0.2) is 0 Å². The molecule has 0 radical (unpaired) electrons. The highest BCUT2D eigenvalue weighted by Gasteiger charge is 2.29. The Balaban J connectivity index is 2.41. The van der Waals surface area contributed by atoms with Crippen molar-refractivity contribution in [1.82, 2.24) is 5.32 Å². The molecule has 2 heteroatoms. The van der Waals surface area contributed by atoms with E-state index in [2.05, 4.69) is 33.0 Å². The Morgan fingerprint density at radius 2 is 1.88 bits per heavy atom. The Kier molecular flexibility index (Phi) is 5.26. The second-order valence-corrected chi connectivity index (χ2v) is 6.31. The molecule has 0 aliphatic heterocycles. The molecule has 0 aromatic heterocycles. The molecule has 0 heterocycles. The van der Waals surface area contributed by atoms with Crippen LogP contribution in [-0.2, 0) is 0 Å². The number of hydrogen-bond donors (Lipinski definition) is 2. The number of β-amino-alcohol motifs (C(OH)–C–C–N with tert-alkyl or cyclic N) is 1. The lowest BCUT2D eigenvalue weighted by molar-refractivity contribution is 0.0420. The maximum atomic E-state index is 10.3. The maximum absolute atomic E-state index is 10.3. The Morgan fingerprint density at radius 1 is 1.25 bits per heavy atom. The monoisotopic (exact) mass is 227 g/mol. The van der Waals surface area contributed by atoms with E-state index in [-0.39, 0.29) is 11.6 Å². The molecular formula is C14H29NO. The molecule has 2 nitrogen and oxygen atoms in total. The van der Waals surface area contributed by atoms with E-state index in [9.17, 15) is 5.11 Å². The van der Waals surface area contributed by atoms with Crippen LogP contribution in [0.15, 0.2) is 0 Å². The molecule has 0 spiro atoms. The quantitative estimate of drug-likeness (QED) is 0.774. The van der Waals surface area contributed by atoms with Crippen molar-refractivity contribution in [3.63, 3.8) is 0 Å². The molecule has 2 N–H and O–H groups in total. The summed E-state index contributed by atoms with van der Waals surface area (Å²) in [6, 6.07) is 0. The van der Waals surface area contributed by atoms with Gasteiger partial charge in [-0.2, -0.15) is 0 Å². The summed E-state index contributed by atoms with van der Waals surface area (Å²) in [5.41, 5.74) is 0.108. The largest absolute Gasteiger partial charge is 0.392 e. The number of hydrogen-bond acceptors (Lipinski definition) is 2. The van der Waals surface area contributed by atoms with Crippen molar-refractivity contribution >= 4 is 0 Å². The zero-order valence-electron chi connectivity index (χ0n) is 11.4. The highest BCUT2D eigenvalue weighted by Crippen LogP contribution is 2.34. The molecule has 1 aliphatic carbocycles. The van der Waals surface area contributed by atoms with Crippen molar-refractivity contribution < 1.29 is 5.11 Å². The summed E-state index contributed by atoms with van der Waals surface area (Å²) in [6.45, 7) is 9.45. The molecule has 1 fully saturated rings. The smallest absolute Gasteiger partial charge is 0.0695 e. The zero-order chi connectivity index (χ0) is 12.2. The standard InChI is InChI=1S/C14H29NO/c1-5-11-8-6-7-9-12(11)13(16)10-15-14(2,3)4/h11-13,15-16H,5-10H2,1-4H3. The second kappa shape index (κ2) is 6.02. The molecule has 0 aromatic rings. The third-order valence-electron chi connectivity index (χ3n) is 3.83. The van der Waals surface area contributed by atoms with Gasteiger partial charge in [0.15, 0.2) is 0 Å². The minimum atomic E-state index is -0.163. The van der Waals surface area contributed by atoms with Crippen LogP contribution in [0.2, 0.25) is 0 Å². The minimum absolute atomic E-state index is 0.108. The summed E-state index contributed by atoms with van der Waals surface area (Å²) in [4.78, 5) is 0. The fourth-order valence-corrected chi connectivity index (χ4v) is 2.81. The van der Waals surface area contributed by atoms with Crippen molar-refractivity contribution in [3.05, 3.63) is 0 Å². The molecule has 1 saturated carbocycles. The first kappa shape index (κ1) is 14.0. The van der Waals surface area contributed by atoms with Gasteiger partial charge in [-0.15, -0.1) is 0 Å². The number of nitrogens with one attached hydrogen (secondary N) is 1. The third kappa shape index (κ3) is 4.42. The molecule has 3 unspecified atom stereocenters. The molecule has 1 rings (SSSR count). The fourth-order valence-electron chi connectivity index (χ4n) is 2.81. The van der Waals surface area contributed by atoms with E-state index in [0.29, 0.717) is 5.92 Å². The van der Waals surface area contributed by atoms with Crippen molar-refractivity contribution in [3.8, 4) is 0 Å². The van der Waals surface area contributed by atoms with E-state index in [0.717, 1.165) is 12.5 Å². The van der Waals surface area contributed by atoms with Crippen LogP contribution in [0.3, 0.4) is 0 Å². The SMILES string of the molecule is CCC1CCCCC1C(O)CNC(C)(C)C. The van der Waals surface area contributed by atoms with Gasteiger partial charge in [0.25, 0.3) is 0 Å².